The highest BCUT2D eigenvalue weighted by Gasteiger charge is 2.36. The minimum Gasteiger partial charge on any atom is -0.480 e. The fourth-order valence-corrected chi connectivity index (χ4v) is 3.11. The van der Waals surface area contributed by atoms with E-state index in [-0.39, 0.29) is 18.1 Å². The molecule has 114 valence electrons. The Morgan fingerprint density at radius 1 is 1.35 bits per heavy atom. The lowest BCUT2D eigenvalue weighted by Crippen LogP contribution is -2.55. The standard InChI is InChI=1S/C14H24N2O4/c1-10-4-2-8-16(12(10)13(17)18)14(19)15-7-6-11-5-3-9-20-11/h10-12H,2-9H2,1H3,(H,15,19)(H,17,18). The van der Waals surface area contributed by atoms with E-state index in [0.717, 1.165) is 38.7 Å². The van der Waals surface area contributed by atoms with Crippen LogP contribution in [-0.2, 0) is 9.53 Å². The zero-order valence-electron chi connectivity index (χ0n) is 12.0. The Bertz CT molecular complexity index is 355. The molecule has 0 aromatic rings. The van der Waals surface area contributed by atoms with Crippen LogP contribution in [0.1, 0.15) is 39.0 Å². The number of carboxylic acids is 1. The lowest BCUT2D eigenvalue weighted by molar-refractivity contribution is -0.145. The maximum Gasteiger partial charge on any atom is 0.326 e. The van der Waals surface area contributed by atoms with Crippen LogP contribution in [0.3, 0.4) is 0 Å². The molecule has 0 spiro atoms. The second-order valence-corrected chi connectivity index (χ2v) is 5.75. The highest BCUT2D eigenvalue weighted by atomic mass is 16.5. The SMILES string of the molecule is CC1CCCN(C(=O)NCCC2CCCO2)C1C(=O)O. The summed E-state index contributed by atoms with van der Waals surface area (Å²) in [5.74, 6) is -0.906. The van der Waals surface area contributed by atoms with E-state index in [9.17, 15) is 14.7 Å². The van der Waals surface area contributed by atoms with Crippen LogP contribution in [0.4, 0.5) is 4.79 Å². The number of hydrogen-bond donors (Lipinski definition) is 2. The summed E-state index contributed by atoms with van der Waals surface area (Å²) in [6.07, 6.45) is 4.90. The Balaban J connectivity index is 1.81. The quantitative estimate of drug-likeness (QED) is 0.819. The molecule has 6 heteroatoms. The Kier molecular flexibility index (Phi) is 5.23. The van der Waals surface area contributed by atoms with Crippen LogP contribution in [0.25, 0.3) is 0 Å². The molecule has 2 aliphatic rings. The van der Waals surface area contributed by atoms with Crippen molar-refractivity contribution < 1.29 is 19.4 Å². The highest BCUT2D eigenvalue weighted by molar-refractivity contribution is 5.83. The smallest absolute Gasteiger partial charge is 0.326 e. The number of aliphatic carboxylic acids is 1. The monoisotopic (exact) mass is 284 g/mol. The van der Waals surface area contributed by atoms with E-state index in [1.54, 1.807) is 0 Å². The molecule has 0 saturated carbocycles. The van der Waals surface area contributed by atoms with Crippen LogP contribution in [0.15, 0.2) is 0 Å². The Hall–Kier alpha value is -1.30. The molecule has 20 heavy (non-hydrogen) atoms. The molecule has 2 heterocycles. The van der Waals surface area contributed by atoms with E-state index in [1.165, 1.54) is 4.90 Å². The van der Waals surface area contributed by atoms with Crippen molar-refractivity contribution in [1.82, 2.24) is 10.2 Å². The van der Waals surface area contributed by atoms with Gasteiger partial charge >= 0.3 is 12.0 Å². The van der Waals surface area contributed by atoms with Crippen LogP contribution >= 0.6 is 0 Å². The van der Waals surface area contributed by atoms with E-state index >= 15 is 0 Å². The van der Waals surface area contributed by atoms with Crippen LogP contribution in [0, 0.1) is 5.92 Å². The average Bonchev–Trinajstić information content (AvgIpc) is 2.91. The maximum absolute atomic E-state index is 12.1. The third-order valence-electron chi connectivity index (χ3n) is 4.21. The molecule has 0 aromatic carbocycles. The molecule has 2 N–H and O–H groups in total. The molecule has 0 bridgehead atoms. The summed E-state index contributed by atoms with van der Waals surface area (Å²) in [7, 11) is 0. The van der Waals surface area contributed by atoms with Gasteiger partial charge in [-0.3, -0.25) is 0 Å². The van der Waals surface area contributed by atoms with Gasteiger partial charge in [0.2, 0.25) is 0 Å². The first-order valence-corrected chi connectivity index (χ1v) is 7.48. The van der Waals surface area contributed by atoms with Crippen LogP contribution in [0.5, 0.6) is 0 Å². The first-order chi connectivity index (χ1) is 9.59. The van der Waals surface area contributed by atoms with E-state index in [1.807, 2.05) is 6.92 Å². The number of carbonyl (C=O) groups is 2. The van der Waals surface area contributed by atoms with Crippen molar-refractivity contribution in [3.05, 3.63) is 0 Å². The molecule has 3 atom stereocenters. The van der Waals surface area contributed by atoms with Gasteiger partial charge in [0.05, 0.1) is 6.10 Å². The zero-order valence-corrected chi connectivity index (χ0v) is 12.0. The molecule has 2 aliphatic heterocycles. The molecule has 2 rings (SSSR count). The lowest BCUT2D eigenvalue weighted by Gasteiger charge is -2.37. The van der Waals surface area contributed by atoms with Crippen molar-refractivity contribution in [3.63, 3.8) is 0 Å². The molecule has 0 aliphatic carbocycles. The lowest BCUT2D eigenvalue weighted by atomic mass is 9.91. The topological polar surface area (TPSA) is 78.9 Å². The van der Waals surface area contributed by atoms with Gasteiger partial charge in [-0.05, 0) is 38.0 Å². The minimum atomic E-state index is -0.911. The van der Waals surface area contributed by atoms with Gasteiger partial charge in [-0.2, -0.15) is 0 Å². The number of nitrogens with one attached hydrogen (secondary N) is 1. The number of hydrogen-bond acceptors (Lipinski definition) is 3. The van der Waals surface area contributed by atoms with Crippen molar-refractivity contribution in [1.29, 1.82) is 0 Å². The molecule has 0 radical (unpaired) electrons. The largest absolute Gasteiger partial charge is 0.480 e. The third-order valence-corrected chi connectivity index (χ3v) is 4.21. The van der Waals surface area contributed by atoms with Crippen LogP contribution in [0.2, 0.25) is 0 Å². The van der Waals surface area contributed by atoms with Crippen molar-refractivity contribution in [2.24, 2.45) is 5.92 Å². The molecule has 3 unspecified atom stereocenters. The highest BCUT2D eigenvalue weighted by Crippen LogP contribution is 2.23. The number of urea groups is 1. The molecule has 2 saturated heterocycles. The Labute approximate surface area is 119 Å². The van der Waals surface area contributed by atoms with Gasteiger partial charge in [-0.15, -0.1) is 0 Å². The average molecular weight is 284 g/mol. The number of rotatable bonds is 4. The molecule has 2 amide bonds. The number of nitrogens with zero attached hydrogens (tertiary/aromatic N) is 1. The zero-order chi connectivity index (χ0) is 14.5. The van der Waals surface area contributed by atoms with Gasteiger partial charge in [-0.25, -0.2) is 9.59 Å². The summed E-state index contributed by atoms with van der Waals surface area (Å²) in [6.45, 7) is 3.77. The minimum absolute atomic E-state index is 0.00478. The van der Waals surface area contributed by atoms with E-state index in [4.69, 9.17) is 4.74 Å². The van der Waals surface area contributed by atoms with E-state index in [0.29, 0.717) is 13.1 Å². The predicted molar refractivity (Wildman–Crippen MR) is 73.5 cm³/mol. The van der Waals surface area contributed by atoms with Crippen molar-refractivity contribution in [2.75, 3.05) is 19.7 Å². The maximum atomic E-state index is 12.1. The summed E-state index contributed by atoms with van der Waals surface area (Å²) in [5.41, 5.74) is 0. The Morgan fingerprint density at radius 3 is 2.80 bits per heavy atom. The van der Waals surface area contributed by atoms with Crippen LogP contribution < -0.4 is 5.32 Å². The van der Waals surface area contributed by atoms with Crippen LogP contribution in [-0.4, -0.2) is 53.8 Å². The fourth-order valence-electron chi connectivity index (χ4n) is 3.11. The van der Waals surface area contributed by atoms with Gasteiger partial charge in [0, 0.05) is 19.7 Å². The summed E-state index contributed by atoms with van der Waals surface area (Å²) < 4.78 is 5.50. The first kappa shape index (κ1) is 15.1. The van der Waals surface area contributed by atoms with Crippen molar-refractivity contribution >= 4 is 12.0 Å². The third kappa shape index (κ3) is 3.62. The summed E-state index contributed by atoms with van der Waals surface area (Å²) in [5, 5.41) is 12.1. The van der Waals surface area contributed by atoms with Crippen molar-refractivity contribution in [2.45, 2.75) is 51.2 Å². The summed E-state index contributed by atoms with van der Waals surface area (Å²) in [6, 6.07) is -0.964. The van der Waals surface area contributed by atoms with Gasteiger partial charge in [-0.1, -0.05) is 6.92 Å². The van der Waals surface area contributed by atoms with Gasteiger partial charge < -0.3 is 20.1 Å². The summed E-state index contributed by atoms with van der Waals surface area (Å²) >= 11 is 0. The number of carboxylic acid groups (broad SMARTS) is 1. The predicted octanol–water partition coefficient (Wildman–Crippen LogP) is 1.45. The molecule has 6 nitrogen and oxygen atoms in total. The van der Waals surface area contributed by atoms with E-state index < -0.39 is 12.0 Å². The summed E-state index contributed by atoms with van der Waals surface area (Å²) in [4.78, 5) is 24.9. The first-order valence-electron chi connectivity index (χ1n) is 7.48. The van der Waals surface area contributed by atoms with Crippen molar-refractivity contribution in [3.8, 4) is 0 Å². The molecule has 0 aromatic heterocycles. The second-order valence-electron chi connectivity index (χ2n) is 5.75. The number of ether oxygens (including phenoxy) is 1. The van der Waals surface area contributed by atoms with Gasteiger partial charge in [0.25, 0.3) is 0 Å². The normalized spacial score (nSPS) is 30.2. The molecule has 2 fully saturated rings. The Morgan fingerprint density at radius 2 is 2.15 bits per heavy atom. The number of piperidine rings is 1. The van der Waals surface area contributed by atoms with E-state index in [2.05, 4.69) is 5.32 Å². The number of amides is 2. The second kappa shape index (κ2) is 6.92. The molecular weight excluding hydrogens is 260 g/mol. The number of carbonyl (C=O) groups excluding carboxylic acids is 1. The fraction of sp³-hybridized carbons (Fsp3) is 0.857. The van der Waals surface area contributed by atoms with Gasteiger partial charge in [0.15, 0.2) is 0 Å². The molecular formula is C14H24N2O4. The van der Waals surface area contributed by atoms with Gasteiger partial charge in [0.1, 0.15) is 6.04 Å². The number of likely N-dealkylation sites (tertiary alicyclic amines) is 1.